The number of thiophene rings is 1. The molecular formula is C13H14N2OS2. The van der Waals surface area contributed by atoms with E-state index in [0.29, 0.717) is 12.3 Å². The number of nitrogen functional groups attached to an aromatic ring is 1. The van der Waals surface area contributed by atoms with Gasteiger partial charge in [-0.25, -0.2) is 0 Å². The number of carbonyl (C=O) groups is 1. The number of hydrogen-bond donors (Lipinski definition) is 2. The maximum Gasteiger partial charge on any atom is 0.230 e. The number of amides is 1. The van der Waals surface area contributed by atoms with E-state index in [1.165, 1.54) is 16.6 Å². The van der Waals surface area contributed by atoms with Crippen molar-refractivity contribution in [2.45, 2.75) is 11.4 Å². The highest BCUT2D eigenvalue weighted by molar-refractivity contribution is 8.00. The molecule has 1 aromatic carbocycles. The van der Waals surface area contributed by atoms with Gasteiger partial charge in [0.05, 0.1) is 12.3 Å². The van der Waals surface area contributed by atoms with Gasteiger partial charge in [0.15, 0.2) is 0 Å². The Labute approximate surface area is 114 Å². The Hall–Kier alpha value is -1.46. The second-order valence-corrected chi connectivity index (χ2v) is 5.79. The van der Waals surface area contributed by atoms with Gasteiger partial charge in [0.2, 0.25) is 5.91 Å². The first-order valence-corrected chi connectivity index (χ1v) is 7.38. The maximum atomic E-state index is 11.6. The Kier molecular flexibility index (Phi) is 4.66. The summed E-state index contributed by atoms with van der Waals surface area (Å²) in [7, 11) is 0. The highest BCUT2D eigenvalue weighted by Gasteiger charge is 2.03. The summed E-state index contributed by atoms with van der Waals surface area (Å²) in [5.74, 6) is 0.472. The monoisotopic (exact) mass is 278 g/mol. The first-order chi connectivity index (χ1) is 8.74. The van der Waals surface area contributed by atoms with Crippen molar-refractivity contribution in [3.63, 3.8) is 0 Å². The fourth-order valence-corrected chi connectivity index (χ4v) is 2.74. The van der Waals surface area contributed by atoms with Crippen molar-refractivity contribution in [1.29, 1.82) is 0 Å². The SMILES string of the molecule is Nc1ccc(SCC(=O)NCc2cccs2)cc1. The zero-order chi connectivity index (χ0) is 12.8. The molecule has 5 heteroatoms. The fraction of sp³-hybridized carbons (Fsp3) is 0.154. The Morgan fingerprint density at radius 1 is 1.28 bits per heavy atom. The molecule has 3 N–H and O–H groups in total. The summed E-state index contributed by atoms with van der Waals surface area (Å²) in [5, 5.41) is 4.90. The van der Waals surface area contributed by atoms with Gasteiger partial charge in [-0.15, -0.1) is 23.1 Å². The molecule has 0 saturated carbocycles. The highest BCUT2D eigenvalue weighted by Crippen LogP contribution is 2.18. The van der Waals surface area contributed by atoms with Crippen LogP contribution in [0.2, 0.25) is 0 Å². The molecule has 0 bridgehead atoms. The molecule has 0 atom stereocenters. The van der Waals surface area contributed by atoms with Crippen molar-refractivity contribution in [1.82, 2.24) is 5.32 Å². The number of carbonyl (C=O) groups excluding carboxylic acids is 1. The van der Waals surface area contributed by atoms with Gasteiger partial charge in [0.1, 0.15) is 0 Å². The Morgan fingerprint density at radius 2 is 2.06 bits per heavy atom. The van der Waals surface area contributed by atoms with E-state index in [0.717, 1.165) is 10.6 Å². The molecule has 2 rings (SSSR count). The summed E-state index contributed by atoms with van der Waals surface area (Å²) in [6.07, 6.45) is 0. The van der Waals surface area contributed by atoms with Gasteiger partial charge in [-0.2, -0.15) is 0 Å². The molecule has 0 spiro atoms. The smallest absolute Gasteiger partial charge is 0.230 e. The number of benzene rings is 1. The van der Waals surface area contributed by atoms with E-state index in [4.69, 9.17) is 5.73 Å². The summed E-state index contributed by atoms with van der Waals surface area (Å²) in [6.45, 7) is 0.610. The third-order valence-electron chi connectivity index (χ3n) is 2.29. The van der Waals surface area contributed by atoms with Crippen LogP contribution in [-0.4, -0.2) is 11.7 Å². The Bertz CT molecular complexity index is 494. The van der Waals surface area contributed by atoms with E-state index in [2.05, 4.69) is 5.32 Å². The lowest BCUT2D eigenvalue weighted by atomic mass is 10.3. The molecule has 0 fully saturated rings. The topological polar surface area (TPSA) is 55.1 Å². The van der Waals surface area contributed by atoms with Crippen LogP contribution in [0.3, 0.4) is 0 Å². The Balaban J connectivity index is 1.73. The minimum absolute atomic E-state index is 0.0465. The number of thioether (sulfide) groups is 1. The van der Waals surface area contributed by atoms with Gasteiger partial charge < -0.3 is 11.1 Å². The number of hydrogen-bond acceptors (Lipinski definition) is 4. The molecule has 0 radical (unpaired) electrons. The molecule has 2 aromatic rings. The molecule has 0 aliphatic heterocycles. The number of rotatable bonds is 5. The fourth-order valence-electron chi connectivity index (χ4n) is 1.36. The van der Waals surface area contributed by atoms with E-state index < -0.39 is 0 Å². The second kappa shape index (κ2) is 6.47. The van der Waals surface area contributed by atoms with Gasteiger partial charge in [0.25, 0.3) is 0 Å². The molecule has 1 amide bonds. The standard InChI is InChI=1S/C13H14N2OS2/c14-10-3-5-11(6-4-10)18-9-13(16)15-8-12-2-1-7-17-12/h1-7H,8-9,14H2,(H,15,16). The van der Waals surface area contributed by atoms with Crippen molar-refractivity contribution in [3.8, 4) is 0 Å². The highest BCUT2D eigenvalue weighted by atomic mass is 32.2. The van der Waals surface area contributed by atoms with Crippen molar-refractivity contribution in [2.24, 2.45) is 0 Å². The van der Waals surface area contributed by atoms with E-state index in [-0.39, 0.29) is 5.91 Å². The predicted molar refractivity (Wildman–Crippen MR) is 77.7 cm³/mol. The van der Waals surface area contributed by atoms with Gasteiger partial charge in [-0.05, 0) is 35.7 Å². The zero-order valence-corrected chi connectivity index (χ0v) is 11.4. The van der Waals surface area contributed by atoms with Gasteiger partial charge in [-0.3, -0.25) is 4.79 Å². The Morgan fingerprint density at radius 3 is 2.72 bits per heavy atom. The van der Waals surface area contributed by atoms with Crippen LogP contribution >= 0.6 is 23.1 Å². The average Bonchev–Trinajstić information content (AvgIpc) is 2.89. The van der Waals surface area contributed by atoms with Crippen LogP contribution in [0.5, 0.6) is 0 Å². The van der Waals surface area contributed by atoms with Crippen LogP contribution in [-0.2, 0) is 11.3 Å². The lowest BCUT2D eigenvalue weighted by Crippen LogP contribution is -2.24. The lowest BCUT2D eigenvalue weighted by Gasteiger charge is -2.04. The molecule has 0 saturated heterocycles. The molecular weight excluding hydrogens is 264 g/mol. The van der Waals surface area contributed by atoms with Crippen LogP contribution in [0.4, 0.5) is 5.69 Å². The number of nitrogens with two attached hydrogens (primary N) is 1. The lowest BCUT2D eigenvalue weighted by molar-refractivity contribution is -0.118. The van der Waals surface area contributed by atoms with Crippen molar-refractivity contribution in [3.05, 3.63) is 46.7 Å². The molecule has 18 heavy (non-hydrogen) atoms. The minimum atomic E-state index is 0.0465. The predicted octanol–water partition coefficient (Wildman–Crippen LogP) is 2.74. The molecule has 3 nitrogen and oxygen atoms in total. The number of anilines is 1. The van der Waals surface area contributed by atoms with E-state index in [1.807, 2.05) is 41.8 Å². The van der Waals surface area contributed by atoms with Crippen LogP contribution in [0.25, 0.3) is 0 Å². The summed E-state index contributed by atoms with van der Waals surface area (Å²) in [4.78, 5) is 13.8. The molecule has 0 unspecified atom stereocenters. The molecule has 0 aliphatic rings. The van der Waals surface area contributed by atoms with Gasteiger partial charge in [0, 0.05) is 15.5 Å². The molecule has 1 aromatic heterocycles. The third kappa shape index (κ3) is 4.09. The first kappa shape index (κ1) is 13.0. The van der Waals surface area contributed by atoms with Gasteiger partial charge >= 0.3 is 0 Å². The van der Waals surface area contributed by atoms with Gasteiger partial charge in [-0.1, -0.05) is 6.07 Å². The third-order valence-corrected chi connectivity index (χ3v) is 4.18. The molecule has 1 heterocycles. The van der Waals surface area contributed by atoms with Crippen LogP contribution in [0.15, 0.2) is 46.7 Å². The summed E-state index contributed by atoms with van der Waals surface area (Å²) in [6, 6.07) is 11.5. The van der Waals surface area contributed by atoms with E-state index in [1.54, 1.807) is 11.3 Å². The normalized spacial score (nSPS) is 10.2. The molecule has 94 valence electrons. The van der Waals surface area contributed by atoms with Crippen LogP contribution in [0, 0.1) is 0 Å². The minimum Gasteiger partial charge on any atom is -0.399 e. The largest absolute Gasteiger partial charge is 0.399 e. The molecule has 0 aliphatic carbocycles. The van der Waals surface area contributed by atoms with E-state index in [9.17, 15) is 4.79 Å². The van der Waals surface area contributed by atoms with E-state index >= 15 is 0 Å². The van der Waals surface area contributed by atoms with Crippen LogP contribution in [0.1, 0.15) is 4.88 Å². The van der Waals surface area contributed by atoms with Crippen LogP contribution < -0.4 is 11.1 Å². The number of nitrogens with one attached hydrogen (secondary N) is 1. The average molecular weight is 278 g/mol. The summed E-state index contributed by atoms with van der Waals surface area (Å²) >= 11 is 3.16. The quantitative estimate of drug-likeness (QED) is 0.653. The van der Waals surface area contributed by atoms with Crippen molar-refractivity contribution >= 4 is 34.7 Å². The zero-order valence-electron chi connectivity index (χ0n) is 9.76. The second-order valence-electron chi connectivity index (χ2n) is 3.71. The summed E-state index contributed by atoms with van der Waals surface area (Å²) < 4.78 is 0. The first-order valence-electron chi connectivity index (χ1n) is 5.51. The van der Waals surface area contributed by atoms with Crippen molar-refractivity contribution < 1.29 is 4.79 Å². The summed E-state index contributed by atoms with van der Waals surface area (Å²) in [5.41, 5.74) is 6.33. The maximum absolute atomic E-state index is 11.6. The van der Waals surface area contributed by atoms with Crippen molar-refractivity contribution in [2.75, 3.05) is 11.5 Å².